The van der Waals surface area contributed by atoms with Crippen LogP contribution in [0.4, 0.5) is 0 Å². The Morgan fingerprint density at radius 1 is 1.42 bits per heavy atom. The molecule has 1 atom stereocenters. The summed E-state index contributed by atoms with van der Waals surface area (Å²) >= 11 is 1.60. The largest absolute Gasteiger partial charge is 0.493 e. The summed E-state index contributed by atoms with van der Waals surface area (Å²) in [5.74, 6) is 1.36. The molecule has 24 heavy (non-hydrogen) atoms. The van der Waals surface area contributed by atoms with Gasteiger partial charge in [-0.05, 0) is 36.4 Å². The third-order valence-electron chi connectivity index (χ3n) is 4.11. The number of aryl methyl sites for hydroxylation is 1. The summed E-state index contributed by atoms with van der Waals surface area (Å²) < 4.78 is 11.4. The van der Waals surface area contributed by atoms with E-state index in [-0.39, 0.29) is 5.91 Å². The molecule has 3 rings (SSSR count). The fourth-order valence-corrected chi connectivity index (χ4v) is 3.40. The van der Waals surface area contributed by atoms with Gasteiger partial charge in [-0.2, -0.15) is 0 Å². The van der Waals surface area contributed by atoms with Crippen LogP contribution in [0, 0.1) is 12.8 Å². The Kier molecular flexibility index (Phi) is 5.88. The highest BCUT2D eigenvalue weighted by molar-refractivity contribution is 7.10. The molecule has 4 nitrogen and oxygen atoms in total. The lowest BCUT2D eigenvalue weighted by atomic mass is 10.1. The number of benzene rings is 1. The molecular weight excluding hydrogens is 322 g/mol. The second-order valence-corrected chi connectivity index (χ2v) is 7.22. The number of carbonyl (C=O) groups excluding carboxylic acids is 1. The van der Waals surface area contributed by atoms with Crippen LogP contribution >= 0.6 is 11.3 Å². The number of amides is 1. The van der Waals surface area contributed by atoms with Crippen molar-refractivity contribution in [2.45, 2.75) is 26.3 Å². The predicted molar refractivity (Wildman–Crippen MR) is 95.5 cm³/mol. The Morgan fingerprint density at radius 3 is 3.08 bits per heavy atom. The average Bonchev–Trinajstić information content (AvgIpc) is 3.25. The van der Waals surface area contributed by atoms with E-state index >= 15 is 0 Å². The molecule has 2 heterocycles. The standard InChI is InChI=1S/C19H23NO3S/c1-14-4-5-16(11-20-19(21)10-17-3-2-8-24-17)18(9-14)23-13-15-6-7-22-12-15/h2-5,8-9,15H,6-7,10-13H2,1H3,(H,20,21)/t15-/m1/s1. The lowest BCUT2D eigenvalue weighted by Crippen LogP contribution is -2.24. The molecule has 1 fully saturated rings. The summed E-state index contributed by atoms with van der Waals surface area (Å²) in [7, 11) is 0. The van der Waals surface area contributed by atoms with Crippen LogP contribution in [-0.2, 0) is 22.5 Å². The van der Waals surface area contributed by atoms with E-state index in [2.05, 4.69) is 5.32 Å². The third kappa shape index (κ3) is 4.82. The molecule has 1 aliphatic rings. The van der Waals surface area contributed by atoms with Gasteiger partial charge in [0.2, 0.25) is 5.91 Å². The van der Waals surface area contributed by atoms with Crippen molar-refractivity contribution in [3.05, 3.63) is 51.7 Å². The van der Waals surface area contributed by atoms with Crippen molar-refractivity contribution in [2.24, 2.45) is 5.92 Å². The van der Waals surface area contributed by atoms with E-state index in [0.29, 0.717) is 25.5 Å². The van der Waals surface area contributed by atoms with Gasteiger partial charge in [-0.15, -0.1) is 11.3 Å². The van der Waals surface area contributed by atoms with Crippen LogP contribution in [-0.4, -0.2) is 25.7 Å². The molecule has 1 aromatic carbocycles. The smallest absolute Gasteiger partial charge is 0.225 e. The van der Waals surface area contributed by atoms with Gasteiger partial charge in [-0.25, -0.2) is 0 Å². The molecule has 0 unspecified atom stereocenters. The number of ether oxygens (including phenoxy) is 2. The molecule has 1 N–H and O–H groups in total. The Balaban J connectivity index is 1.56. The zero-order valence-electron chi connectivity index (χ0n) is 13.9. The highest BCUT2D eigenvalue weighted by atomic mass is 32.1. The Labute approximate surface area is 146 Å². The summed E-state index contributed by atoms with van der Waals surface area (Å²) in [5, 5.41) is 4.98. The number of carbonyl (C=O) groups is 1. The van der Waals surface area contributed by atoms with Gasteiger partial charge in [0, 0.05) is 29.5 Å². The topological polar surface area (TPSA) is 47.6 Å². The average molecular weight is 345 g/mol. The van der Waals surface area contributed by atoms with E-state index in [1.54, 1.807) is 11.3 Å². The van der Waals surface area contributed by atoms with Gasteiger partial charge in [0.05, 0.1) is 19.6 Å². The lowest BCUT2D eigenvalue weighted by Gasteiger charge is -2.15. The molecule has 0 aliphatic carbocycles. The van der Waals surface area contributed by atoms with Crippen molar-refractivity contribution in [1.29, 1.82) is 0 Å². The first-order chi connectivity index (χ1) is 11.7. The minimum absolute atomic E-state index is 0.0353. The van der Waals surface area contributed by atoms with Crippen LogP contribution in [0.3, 0.4) is 0 Å². The van der Waals surface area contributed by atoms with E-state index in [9.17, 15) is 4.79 Å². The minimum atomic E-state index is 0.0353. The Hall–Kier alpha value is -1.85. The fourth-order valence-electron chi connectivity index (χ4n) is 2.69. The van der Waals surface area contributed by atoms with E-state index in [1.165, 1.54) is 0 Å². The van der Waals surface area contributed by atoms with Gasteiger partial charge in [0.25, 0.3) is 0 Å². The van der Waals surface area contributed by atoms with Crippen LogP contribution in [0.15, 0.2) is 35.7 Å². The zero-order chi connectivity index (χ0) is 16.8. The van der Waals surface area contributed by atoms with Crippen molar-refractivity contribution in [2.75, 3.05) is 19.8 Å². The molecule has 128 valence electrons. The maximum Gasteiger partial charge on any atom is 0.225 e. The van der Waals surface area contributed by atoms with Gasteiger partial charge in [0.15, 0.2) is 0 Å². The maximum absolute atomic E-state index is 12.1. The number of thiophene rings is 1. The van der Waals surface area contributed by atoms with Gasteiger partial charge in [0.1, 0.15) is 5.75 Å². The second kappa shape index (κ2) is 8.31. The highest BCUT2D eigenvalue weighted by Gasteiger charge is 2.17. The molecule has 2 aromatic rings. The summed E-state index contributed by atoms with van der Waals surface area (Å²) in [6.07, 6.45) is 1.48. The first-order valence-corrected chi connectivity index (χ1v) is 9.18. The Bertz CT molecular complexity index is 663. The number of hydrogen-bond acceptors (Lipinski definition) is 4. The van der Waals surface area contributed by atoms with Gasteiger partial charge in [-0.1, -0.05) is 18.2 Å². The van der Waals surface area contributed by atoms with Gasteiger partial charge >= 0.3 is 0 Å². The lowest BCUT2D eigenvalue weighted by molar-refractivity contribution is -0.120. The number of hydrogen-bond donors (Lipinski definition) is 1. The summed E-state index contributed by atoms with van der Waals surface area (Å²) in [6.45, 7) is 4.80. The molecule has 0 bridgehead atoms. The number of nitrogens with one attached hydrogen (secondary N) is 1. The van der Waals surface area contributed by atoms with Gasteiger partial charge < -0.3 is 14.8 Å². The molecule has 0 radical (unpaired) electrons. The predicted octanol–water partition coefficient (Wildman–Crippen LogP) is 3.33. The van der Waals surface area contributed by atoms with E-state index < -0.39 is 0 Å². The maximum atomic E-state index is 12.1. The summed E-state index contributed by atoms with van der Waals surface area (Å²) in [6, 6.07) is 10.1. The molecular formula is C19H23NO3S. The Morgan fingerprint density at radius 2 is 2.33 bits per heavy atom. The first kappa shape index (κ1) is 17.0. The quantitative estimate of drug-likeness (QED) is 0.837. The highest BCUT2D eigenvalue weighted by Crippen LogP contribution is 2.22. The normalized spacial score (nSPS) is 17.0. The second-order valence-electron chi connectivity index (χ2n) is 6.18. The van der Waals surface area contributed by atoms with Crippen molar-refractivity contribution >= 4 is 17.2 Å². The monoisotopic (exact) mass is 345 g/mol. The molecule has 1 aromatic heterocycles. The van der Waals surface area contributed by atoms with E-state index in [4.69, 9.17) is 9.47 Å². The van der Waals surface area contributed by atoms with Crippen LogP contribution in [0.25, 0.3) is 0 Å². The van der Waals surface area contributed by atoms with Crippen molar-refractivity contribution in [3.63, 3.8) is 0 Å². The molecule has 0 spiro atoms. The fraction of sp³-hybridized carbons (Fsp3) is 0.421. The molecule has 1 amide bonds. The summed E-state index contributed by atoms with van der Waals surface area (Å²) in [5.41, 5.74) is 2.17. The van der Waals surface area contributed by atoms with Crippen LogP contribution < -0.4 is 10.1 Å². The first-order valence-electron chi connectivity index (χ1n) is 8.30. The number of rotatable bonds is 7. The third-order valence-corrected chi connectivity index (χ3v) is 4.99. The summed E-state index contributed by atoms with van der Waals surface area (Å²) in [4.78, 5) is 13.1. The van der Waals surface area contributed by atoms with Crippen LogP contribution in [0.1, 0.15) is 22.4 Å². The molecule has 1 aliphatic heterocycles. The van der Waals surface area contributed by atoms with E-state index in [0.717, 1.165) is 41.4 Å². The van der Waals surface area contributed by atoms with Crippen molar-refractivity contribution < 1.29 is 14.3 Å². The van der Waals surface area contributed by atoms with Crippen molar-refractivity contribution in [1.82, 2.24) is 5.32 Å². The SMILES string of the molecule is Cc1ccc(CNC(=O)Cc2cccs2)c(OC[C@@H]2CCOC2)c1. The van der Waals surface area contributed by atoms with E-state index in [1.807, 2.05) is 42.6 Å². The van der Waals surface area contributed by atoms with Crippen molar-refractivity contribution in [3.8, 4) is 5.75 Å². The minimum Gasteiger partial charge on any atom is -0.493 e. The molecule has 1 saturated heterocycles. The molecule has 0 saturated carbocycles. The van der Waals surface area contributed by atoms with Gasteiger partial charge in [-0.3, -0.25) is 4.79 Å². The zero-order valence-corrected chi connectivity index (χ0v) is 14.7. The van der Waals surface area contributed by atoms with Crippen LogP contribution in [0.2, 0.25) is 0 Å². The van der Waals surface area contributed by atoms with Crippen LogP contribution in [0.5, 0.6) is 5.75 Å². The molecule has 5 heteroatoms.